The molecular formula is C15H27N5O7. The molecule has 0 aliphatic carbocycles. The van der Waals surface area contributed by atoms with Crippen LogP contribution in [0.15, 0.2) is 0 Å². The number of nitrogens with one attached hydrogen (secondary N) is 3. The Labute approximate surface area is 156 Å². The highest BCUT2D eigenvalue weighted by Crippen LogP contribution is 2.03. The maximum Gasteiger partial charge on any atom is 0.322 e. The van der Waals surface area contributed by atoms with Gasteiger partial charge in [-0.3, -0.25) is 24.0 Å². The number of nitrogens with two attached hydrogens (primary N) is 2. The molecule has 0 aliphatic heterocycles. The largest absolute Gasteiger partial charge is 0.481 e. The van der Waals surface area contributed by atoms with Crippen LogP contribution in [0.2, 0.25) is 0 Å². The molecule has 0 aromatic rings. The highest BCUT2D eigenvalue weighted by molar-refractivity contribution is 5.95. The van der Waals surface area contributed by atoms with Crippen molar-refractivity contribution in [2.24, 2.45) is 11.5 Å². The van der Waals surface area contributed by atoms with E-state index in [2.05, 4.69) is 16.0 Å². The Morgan fingerprint density at radius 3 is 1.96 bits per heavy atom. The second-order valence-electron chi connectivity index (χ2n) is 5.90. The first-order valence-corrected chi connectivity index (χ1v) is 8.36. The van der Waals surface area contributed by atoms with Gasteiger partial charge in [0, 0.05) is 0 Å². The third-order valence-corrected chi connectivity index (χ3v) is 3.42. The third kappa shape index (κ3) is 10.8. The van der Waals surface area contributed by atoms with Gasteiger partial charge in [0.2, 0.25) is 17.7 Å². The van der Waals surface area contributed by atoms with Gasteiger partial charge in [-0.1, -0.05) is 0 Å². The molecule has 0 radical (unpaired) electrons. The molecule has 3 atom stereocenters. The van der Waals surface area contributed by atoms with E-state index in [-0.39, 0.29) is 6.42 Å². The van der Waals surface area contributed by atoms with Crippen molar-refractivity contribution in [2.45, 2.75) is 50.7 Å². The van der Waals surface area contributed by atoms with Crippen LogP contribution in [-0.4, -0.2) is 71.1 Å². The number of hydrogen-bond donors (Lipinski definition) is 7. The monoisotopic (exact) mass is 389 g/mol. The van der Waals surface area contributed by atoms with Crippen LogP contribution < -0.4 is 27.4 Å². The molecule has 12 nitrogen and oxygen atoms in total. The number of amides is 3. The molecule has 0 spiro atoms. The standard InChI is InChI=1S/C15H27N5O7/c1-8(17)13(25)20-10(6-11(21)22)15(27)19-9(4-2-3-5-16)14(26)18-7-12(23)24/h8-10H,2-7,16-17H2,1H3,(H,18,26)(H,19,27)(H,20,25)(H,21,22)(H,23,24). The Kier molecular flexibility index (Phi) is 11.3. The summed E-state index contributed by atoms with van der Waals surface area (Å²) in [5, 5.41) is 24.3. The van der Waals surface area contributed by atoms with Gasteiger partial charge in [0.05, 0.1) is 12.5 Å². The summed E-state index contributed by atoms with van der Waals surface area (Å²) in [6, 6.07) is -3.51. The highest BCUT2D eigenvalue weighted by atomic mass is 16.4. The maximum absolute atomic E-state index is 12.4. The van der Waals surface area contributed by atoms with Crippen molar-refractivity contribution < 1.29 is 34.2 Å². The minimum Gasteiger partial charge on any atom is -0.481 e. The SMILES string of the molecule is CC(N)C(=O)NC(CC(=O)O)C(=O)NC(CCCCN)C(=O)NCC(=O)O. The Morgan fingerprint density at radius 1 is 0.889 bits per heavy atom. The molecule has 27 heavy (non-hydrogen) atoms. The van der Waals surface area contributed by atoms with Gasteiger partial charge in [-0.25, -0.2) is 0 Å². The second-order valence-corrected chi connectivity index (χ2v) is 5.90. The normalized spacial score (nSPS) is 13.7. The summed E-state index contributed by atoms with van der Waals surface area (Å²) < 4.78 is 0. The summed E-state index contributed by atoms with van der Waals surface area (Å²) in [5.74, 6) is -4.96. The number of carbonyl (C=O) groups is 5. The molecule has 0 heterocycles. The van der Waals surface area contributed by atoms with Crippen molar-refractivity contribution >= 4 is 29.7 Å². The van der Waals surface area contributed by atoms with Crippen LogP contribution in [0.5, 0.6) is 0 Å². The van der Waals surface area contributed by atoms with Gasteiger partial charge < -0.3 is 37.6 Å². The summed E-state index contributed by atoms with van der Waals surface area (Å²) in [6.45, 7) is 1.09. The van der Waals surface area contributed by atoms with Crippen molar-refractivity contribution in [3.8, 4) is 0 Å². The van der Waals surface area contributed by atoms with E-state index in [9.17, 15) is 24.0 Å². The summed E-state index contributed by atoms with van der Waals surface area (Å²) in [4.78, 5) is 57.7. The fourth-order valence-electron chi connectivity index (χ4n) is 2.01. The lowest BCUT2D eigenvalue weighted by Gasteiger charge is -2.22. The van der Waals surface area contributed by atoms with Crippen LogP contribution in [0.1, 0.15) is 32.6 Å². The van der Waals surface area contributed by atoms with Crippen LogP contribution in [0.4, 0.5) is 0 Å². The molecule has 0 saturated carbocycles. The van der Waals surface area contributed by atoms with Crippen molar-refractivity contribution in [1.82, 2.24) is 16.0 Å². The maximum atomic E-state index is 12.4. The molecule has 0 fully saturated rings. The lowest BCUT2D eigenvalue weighted by atomic mass is 10.1. The van der Waals surface area contributed by atoms with Crippen LogP contribution in [0.3, 0.4) is 0 Å². The first-order valence-electron chi connectivity index (χ1n) is 8.36. The molecule has 0 bridgehead atoms. The predicted molar refractivity (Wildman–Crippen MR) is 93.3 cm³/mol. The van der Waals surface area contributed by atoms with Crippen molar-refractivity contribution in [3.63, 3.8) is 0 Å². The van der Waals surface area contributed by atoms with Crippen LogP contribution >= 0.6 is 0 Å². The highest BCUT2D eigenvalue weighted by Gasteiger charge is 2.29. The van der Waals surface area contributed by atoms with E-state index in [1.54, 1.807) is 0 Å². The Balaban J connectivity index is 5.13. The van der Waals surface area contributed by atoms with Gasteiger partial charge in [-0.2, -0.15) is 0 Å². The molecule has 3 amide bonds. The zero-order valence-corrected chi connectivity index (χ0v) is 15.1. The minimum atomic E-state index is -1.44. The lowest BCUT2D eigenvalue weighted by molar-refractivity contribution is -0.141. The zero-order chi connectivity index (χ0) is 21.0. The predicted octanol–water partition coefficient (Wildman–Crippen LogP) is -2.89. The molecule has 9 N–H and O–H groups in total. The van der Waals surface area contributed by atoms with Gasteiger partial charge >= 0.3 is 11.9 Å². The van der Waals surface area contributed by atoms with Crippen LogP contribution in [0, 0.1) is 0 Å². The molecule has 3 unspecified atom stereocenters. The summed E-state index contributed by atoms with van der Waals surface area (Å²) in [5.41, 5.74) is 10.8. The minimum absolute atomic E-state index is 0.162. The van der Waals surface area contributed by atoms with E-state index in [1.807, 2.05) is 0 Å². The van der Waals surface area contributed by atoms with E-state index in [0.29, 0.717) is 19.4 Å². The number of carboxylic acids is 2. The lowest BCUT2D eigenvalue weighted by Crippen LogP contribution is -2.56. The first-order chi connectivity index (χ1) is 12.6. The first kappa shape index (κ1) is 24.3. The van der Waals surface area contributed by atoms with Gasteiger partial charge in [0.25, 0.3) is 0 Å². The Morgan fingerprint density at radius 2 is 1.48 bits per heavy atom. The molecule has 154 valence electrons. The van der Waals surface area contributed by atoms with Crippen molar-refractivity contribution in [3.05, 3.63) is 0 Å². The summed E-state index contributed by atoms with van der Waals surface area (Å²) >= 11 is 0. The molecule has 12 heteroatoms. The number of carbonyl (C=O) groups excluding carboxylic acids is 3. The average Bonchev–Trinajstić information content (AvgIpc) is 2.57. The molecule has 0 saturated heterocycles. The quantitative estimate of drug-likeness (QED) is 0.161. The van der Waals surface area contributed by atoms with Gasteiger partial charge in [-0.15, -0.1) is 0 Å². The number of carboxylic acid groups (broad SMARTS) is 2. The Bertz CT molecular complexity index is 553. The number of hydrogen-bond acceptors (Lipinski definition) is 7. The fourth-order valence-corrected chi connectivity index (χ4v) is 2.01. The third-order valence-electron chi connectivity index (χ3n) is 3.42. The van der Waals surface area contributed by atoms with Gasteiger partial charge in [-0.05, 0) is 32.7 Å². The second kappa shape index (κ2) is 12.6. The van der Waals surface area contributed by atoms with E-state index in [0.717, 1.165) is 0 Å². The van der Waals surface area contributed by atoms with E-state index < -0.39 is 60.8 Å². The van der Waals surface area contributed by atoms with E-state index in [1.165, 1.54) is 6.92 Å². The van der Waals surface area contributed by atoms with Gasteiger partial charge in [0.15, 0.2) is 0 Å². The molecule has 0 aliphatic rings. The fraction of sp³-hybridized carbons (Fsp3) is 0.667. The van der Waals surface area contributed by atoms with Crippen LogP contribution in [-0.2, 0) is 24.0 Å². The van der Waals surface area contributed by atoms with Crippen LogP contribution in [0.25, 0.3) is 0 Å². The van der Waals surface area contributed by atoms with Gasteiger partial charge in [0.1, 0.15) is 18.6 Å². The smallest absolute Gasteiger partial charge is 0.322 e. The Hall–Kier alpha value is -2.73. The number of unbranched alkanes of at least 4 members (excludes halogenated alkanes) is 1. The summed E-state index contributed by atoms with van der Waals surface area (Å²) in [6.07, 6.45) is 0.488. The molecular weight excluding hydrogens is 362 g/mol. The summed E-state index contributed by atoms with van der Waals surface area (Å²) in [7, 11) is 0. The van der Waals surface area contributed by atoms with E-state index in [4.69, 9.17) is 21.7 Å². The van der Waals surface area contributed by atoms with Crippen molar-refractivity contribution in [1.29, 1.82) is 0 Å². The zero-order valence-electron chi connectivity index (χ0n) is 15.1. The molecule has 0 rings (SSSR count). The number of aliphatic carboxylic acids is 2. The van der Waals surface area contributed by atoms with Crippen molar-refractivity contribution in [2.75, 3.05) is 13.1 Å². The topological polar surface area (TPSA) is 214 Å². The number of rotatable bonds is 13. The molecule has 0 aromatic heterocycles. The molecule has 0 aromatic carbocycles. The average molecular weight is 389 g/mol. The van der Waals surface area contributed by atoms with E-state index >= 15 is 0 Å².